The highest BCUT2D eigenvalue weighted by atomic mass is 35.5. The van der Waals surface area contributed by atoms with Crippen molar-refractivity contribution < 1.29 is 9.90 Å². The van der Waals surface area contributed by atoms with Crippen LogP contribution < -0.4 is 10.6 Å². The second-order valence-corrected chi connectivity index (χ2v) is 11.5. The van der Waals surface area contributed by atoms with Gasteiger partial charge in [-0.15, -0.1) is 0 Å². The third-order valence-electron chi connectivity index (χ3n) is 7.65. The summed E-state index contributed by atoms with van der Waals surface area (Å²) in [7, 11) is 2.21. The third kappa shape index (κ3) is 9.22. The molecule has 1 aromatic rings. The summed E-state index contributed by atoms with van der Waals surface area (Å²) in [5.74, 6) is 1.35. The number of carbonyl (C=O) groups excluding carboxylic acids is 1. The predicted octanol–water partition coefficient (Wildman–Crippen LogP) is 4.56. The van der Waals surface area contributed by atoms with Crippen LogP contribution >= 0.6 is 11.6 Å². The zero-order chi connectivity index (χ0) is 26.8. The van der Waals surface area contributed by atoms with E-state index in [9.17, 15) is 9.90 Å². The van der Waals surface area contributed by atoms with Gasteiger partial charge in [-0.1, -0.05) is 62.7 Å². The Labute approximate surface area is 229 Å². The van der Waals surface area contributed by atoms with Crippen LogP contribution in [0, 0.1) is 17.8 Å². The zero-order valence-electron chi connectivity index (χ0n) is 23.1. The molecule has 2 fully saturated rings. The van der Waals surface area contributed by atoms with Crippen molar-refractivity contribution in [2.45, 2.75) is 58.7 Å². The van der Waals surface area contributed by atoms with Crippen molar-refractivity contribution in [2.75, 3.05) is 46.3 Å². The molecule has 206 valence electrons. The van der Waals surface area contributed by atoms with Crippen molar-refractivity contribution in [1.82, 2.24) is 20.4 Å². The lowest BCUT2D eigenvalue weighted by Gasteiger charge is -2.32. The van der Waals surface area contributed by atoms with Crippen molar-refractivity contribution in [3.8, 4) is 0 Å². The van der Waals surface area contributed by atoms with Crippen molar-refractivity contribution in [3.05, 3.63) is 58.7 Å². The van der Waals surface area contributed by atoms with Gasteiger partial charge in [-0.3, -0.25) is 10.1 Å². The molecular formula is C30H47ClN4O2. The molecule has 0 spiro atoms. The Morgan fingerprint density at radius 3 is 2.57 bits per heavy atom. The van der Waals surface area contributed by atoms with E-state index in [1.807, 2.05) is 18.2 Å². The molecule has 3 aliphatic rings. The molecular weight excluding hydrogens is 484 g/mol. The minimum atomic E-state index is -0.655. The van der Waals surface area contributed by atoms with Gasteiger partial charge in [0, 0.05) is 38.1 Å². The van der Waals surface area contributed by atoms with Crippen LogP contribution in [-0.4, -0.2) is 79.4 Å². The lowest BCUT2D eigenvalue weighted by atomic mass is 9.86. The summed E-state index contributed by atoms with van der Waals surface area (Å²) in [6, 6.07) is 7.16. The van der Waals surface area contributed by atoms with Crippen LogP contribution in [0.5, 0.6) is 0 Å². The number of aliphatic hydroxyl groups is 1. The number of rotatable bonds is 9. The Hall–Kier alpha value is -1.70. The first kappa shape index (κ1) is 29.9. The van der Waals surface area contributed by atoms with Crippen LogP contribution in [0.4, 0.5) is 0 Å². The molecule has 7 heteroatoms. The summed E-state index contributed by atoms with van der Waals surface area (Å²) >= 11 is 6.13. The Bertz CT molecular complexity index is 911. The summed E-state index contributed by atoms with van der Waals surface area (Å²) < 4.78 is 0. The van der Waals surface area contributed by atoms with Gasteiger partial charge in [-0.25, -0.2) is 0 Å². The van der Waals surface area contributed by atoms with Gasteiger partial charge < -0.3 is 20.2 Å². The molecule has 4 atom stereocenters. The van der Waals surface area contributed by atoms with Gasteiger partial charge in [0.2, 0.25) is 0 Å². The van der Waals surface area contributed by atoms with Crippen molar-refractivity contribution in [1.29, 1.82) is 0 Å². The summed E-state index contributed by atoms with van der Waals surface area (Å²) in [6.45, 7) is 13.8. The fourth-order valence-corrected chi connectivity index (χ4v) is 5.41. The van der Waals surface area contributed by atoms with Crippen LogP contribution in [0.1, 0.15) is 56.8 Å². The van der Waals surface area contributed by atoms with Gasteiger partial charge in [-0.05, 0) is 75.4 Å². The monoisotopic (exact) mass is 530 g/mol. The first-order valence-electron chi connectivity index (χ1n) is 14.1. The fourth-order valence-electron chi connectivity index (χ4n) is 5.19. The van der Waals surface area contributed by atoms with E-state index in [2.05, 4.69) is 60.4 Å². The van der Waals surface area contributed by atoms with E-state index in [4.69, 9.17) is 11.6 Å². The lowest BCUT2D eigenvalue weighted by molar-refractivity contribution is 0.0931. The number of aliphatic hydroxyl groups excluding tert-OH is 1. The van der Waals surface area contributed by atoms with Gasteiger partial charge in [0.1, 0.15) is 6.23 Å². The largest absolute Gasteiger partial charge is 0.374 e. The molecule has 3 N–H and O–H groups in total. The Morgan fingerprint density at radius 2 is 1.89 bits per heavy atom. The highest BCUT2D eigenvalue weighted by Crippen LogP contribution is 2.38. The number of likely N-dealkylation sites (N-methyl/N-ethyl adjacent to an activating group) is 1. The normalized spacial score (nSPS) is 24.7. The summed E-state index contributed by atoms with van der Waals surface area (Å²) in [5, 5.41) is 17.0. The van der Waals surface area contributed by atoms with E-state index in [-0.39, 0.29) is 17.9 Å². The van der Waals surface area contributed by atoms with Gasteiger partial charge in [-0.2, -0.15) is 0 Å². The summed E-state index contributed by atoms with van der Waals surface area (Å²) in [4.78, 5) is 17.5. The number of hydrogen-bond donors (Lipinski definition) is 3. The summed E-state index contributed by atoms with van der Waals surface area (Å²) in [6.07, 6.45) is 9.92. The van der Waals surface area contributed by atoms with E-state index in [0.29, 0.717) is 16.5 Å². The van der Waals surface area contributed by atoms with Gasteiger partial charge in [0.05, 0.1) is 10.6 Å². The number of fused-ring (bicyclic) bond motifs is 1. The molecule has 6 nitrogen and oxygen atoms in total. The molecule has 1 amide bonds. The standard InChI is InChI=1S/C20H25ClN2O2.C10H22N2/c1-2-11-22-19(24)14-8-7-13-9-10-18(16(13)12-14)23-20(25)15-5-3-4-6-17(15)21;1-10(2)4-5-12-8-6-11(3)7-9-12/h3-8,12-13,16,18-19,22,24H,2,9-11H2,1H3,(H,23,25);10H,4-9H2,1-3H3/t13?,16?,18-,19?;/m1./s1. The van der Waals surface area contributed by atoms with Crippen LogP contribution in [-0.2, 0) is 0 Å². The van der Waals surface area contributed by atoms with E-state index < -0.39 is 6.23 Å². The van der Waals surface area contributed by atoms with Gasteiger partial charge in [0.25, 0.3) is 5.91 Å². The van der Waals surface area contributed by atoms with E-state index in [1.54, 1.807) is 12.1 Å². The van der Waals surface area contributed by atoms with Gasteiger partial charge in [0.15, 0.2) is 0 Å². The van der Waals surface area contributed by atoms with Crippen LogP contribution in [0.15, 0.2) is 48.1 Å². The van der Waals surface area contributed by atoms with Crippen LogP contribution in [0.2, 0.25) is 5.02 Å². The second-order valence-electron chi connectivity index (χ2n) is 11.1. The highest BCUT2D eigenvalue weighted by molar-refractivity contribution is 6.33. The molecule has 1 saturated heterocycles. The minimum Gasteiger partial charge on any atom is -0.374 e. The highest BCUT2D eigenvalue weighted by Gasteiger charge is 2.36. The average molecular weight is 531 g/mol. The van der Waals surface area contributed by atoms with E-state index in [1.165, 1.54) is 39.1 Å². The molecule has 0 radical (unpaired) electrons. The minimum absolute atomic E-state index is 0.0621. The molecule has 3 unspecified atom stereocenters. The molecule has 1 aliphatic heterocycles. The SMILES string of the molecule is CC(C)CCN1CCN(C)CC1.CCCNC(O)C1=CC2C(C=C1)CC[C@H]2NC(=O)c1ccccc1Cl. The third-order valence-corrected chi connectivity index (χ3v) is 7.98. The van der Waals surface area contributed by atoms with Gasteiger partial charge >= 0.3 is 0 Å². The molecule has 37 heavy (non-hydrogen) atoms. The number of allylic oxidation sites excluding steroid dienone is 1. The topological polar surface area (TPSA) is 67.8 Å². The Morgan fingerprint density at radius 1 is 1.16 bits per heavy atom. The molecule has 1 aromatic carbocycles. The first-order chi connectivity index (χ1) is 17.8. The Kier molecular flexibility index (Phi) is 12.1. The molecule has 0 aromatic heterocycles. The number of nitrogens with zero attached hydrogens (tertiary/aromatic N) is 2. The number of piperazine rings is 1. The lowest BCUT2D eigenvalue weighted by Crippen LogP contribution is -2.44. The molecule has 4 rings (SSSR count). The second kappa shape index (κ2) is 15.0. The van der Waals surface area contributed by atoms with Crippen molar-refractivity contribution in [2.24, 2.45) is 17.8 Å². The predicted molar refractivity (Wildman–Crippen MR) is 154 cm³/mol. The maximum atomic E-state index is 12.6. The van der Waals surface area contributed by atoms with Crippen LogP contribution in [0.25, 0.3) is 0 Å². The Balaban J connectivity index is 0.000000266. The van der Waals surface area contributed by atoms with Crippen molar-refractivity contribution >= 4 is 17.5 Å². The number of halogens is 1. The average Bonchev–Trinajstić information content (AvgIpc) is 3.29. The quantitative estimate of drug-likeness (QED) is 0.408. The smallest absolute Gasteiger partial charge is 0.253 e. The molecule has 2 aliphatic carbocycles. The molecule has 1 heterocycles. The number of hydrogen-bond acceptors (Lipinski definition) is 5. The van der Waals surface area contributed by atoms with Crippen LogP contribution in [0.3, 0.4) is 0 Å². The van der Waals surface area contributed by atoms with E-state index >= 15 is 0 Å². The van der Waals surface area contributed by atoms with Crippen molar-refractivity contribution in [3.63, 3.8) is 0 Å². The fraction of sp³-hybridized carbons (Fsp3) is 0.633. The van der Waals surface area contributed by atoms with E-state index in [0.717, 1.165) is 37.3 Å². The number of nitrogens with one attached hydrogen (secondary N) is 2. The maximum Gasteiger partial charge on any atom is 0.253 e. The number of benzene rings is 1. The molecule has 0 bridgehead atoms. The molecule has 1 saturated carbocycles. The number of carbonyl (C=O) groups is 1. The first-order valence-corrected chi connectivity index (χ1v) is 14.4. The zero-order valence-corrected chi connectivity index (χ0v) is 23.9. The maximum absolute atomic E-state index is 12.6. The number of amides is 1. The summed E-state index contributed by atoms with van der Waals surface area (Å²) in [5.41, 5.74) is 1.39.